The first-order valence-corrected chi connectivity index (χ1v) is 10.5. The maximum absolute atomic E-state index is 12.9. The number of carbonyl (C=O) groups is 2. The van der Waals surface area contributed by atoms with Crippen molar-refractivity contribution in [1.29, 1.82) is 0 Å². The normalized spacial score (nSPS) is 10.9. The van der Waals surface area contributed by atoms with Gasteiger partial charge in [-0.15, -0.1) is 0 Å². The lowest BCUT2D eigenvalue weighted by Gasteiger charge is -2.15. The number of anilines is 1. The van der Waals surface area contributed by atoms with Gasteiger partial charge in [0.15, 0.2) is 5.16 Å². The van der Waals surface area contributed by atoms with Gasteiger partial charge in [-0.05, 0) is 30.2 Å². The predicted molar refractivity (Wildman–Crippen MR) is 118 cm³/mol. The Bertz CT molecular complexity index is 1140. The van der Waals surface area contributed by atoms with Gasteiger partial charge >= 0.3 is 5.97 Å². The largest absolute Gasteiger partial charge is 0.465 e. The third-order valence-corrected chi connectivity index (χ3v) is 5.29. The van der Waals surface area contributed by atoms with Crippen molar-refractivity contribution < 1.29 is 14.3 Å². The Morgan fingerprint density at radius 2 is 1.83 bits per heavy atom. The summed E-state index contributed by atoms with van der Waals surface area (Å²) in [5, 5.41) is 3.78. The summed E-state index contributed by atoms with van der Waals surface area (Å²) in [7, 11) is 1.29. The van der Waals surface area contributed by atoms with Crippen LogP contribution in [-0.2, 0) is 16.1 Å². The minimum Gasteiger partial charge on any atom is -0.465 e. The Hall–Kier alpha value is -3.13. The number of aromatic nitrogens is 2. The molecule has 156 valence electrons. The number of carbonyl (C=O) groups excluding carboxylic acids is 2. The summed E-state index contributed by atoms with van der Waals surface area (Å²) in [5.74, 6) is -0.556. The number of thioether (sulfide) groups is 1. The minimum atomic E-state index is -0.527. The summed E-state index contributed by atoms with van der Waals surface area (Å²) in [5.41, 5.74) is 1.13. The van der Waals surface area contributed by atoms with E-state index in [-0.39, 0.29) is 28.7 Å². The van der Waals surface area contributed by atoms with E-state index in [0.29, 0.717) is 28.3 Å². The van der Waals surface area contributed by atoms with E-state index in [1.165, 1.54) is 18.9 Å². The SMILES string of the molecule is COC(=O)c1ccccc1NC(=O)CSc1nc2ccccc2c(=O)n1CC(C)C. The van der Waals surface area contributed by atoms with Crippen LogP contribution in [0.15, 0.2) is 58.5 Å². The summed E-state index contributed by atoms with van der Waals surface area (Å²) in [6, 6.07) is 13.8. The Morgan fingerprint density at radius 3 is 2.57 bits per heavy atom. The van der Waals surface area contributed by atoms with Crippen molar-refractivity contribution in [3.8, 4) is 0 Å². The van der Waals surface area contributed by atoms with Gasteiger partial charge in [0.1, 0.15) is 0 Å². The standard InChI is InChI=1S/C22H23N3O4S/c1-14(2)12-25-20(27)15-8-4-6-10-17(15)24-22(25)30-13-19(26)23-18-11-7-5-9-16(18)21(28)29-3/h4-11,14H,12-13H2,1-3H3,(H,23,26). The Balaban J connectivity index is 1.83. The molecule has 0 bridgehead atoms. The molecule has 0 radical (unpaired) electrons. The lowest BCUT2D eigenvalue weighted by molar-refractivity contribution is -0.113. The number of nitrogens with one attached hydrogen (secondary N) is 1. The molecule has 1 aromatic heterocycles. The minimum absolute atomic E-state index is 0.0401. The van der Waals surface area contributed by atoms with Gasteiger partial charge in [0.25, 0.3) is 5.56 Å². The first-order chi connectivity index (χ1) is 14.4. The summed E-state index contributed by atoms with van der Waals surface area (Å²) in [6.45, 7) is 4.55. The van der Waals surface area contributed by atoms with Crippen LogP contribution >= 0.6 is 11.8 Å². The first kappa shape index (κ1) is 21.6. The van der Waals surface area contributed by atoms with Crippen molar-refractivity contribution in [2.24, 2.45) is 5.92 Å². The van der Waals surface area contributed by atoms with E-state index in [0.717, 1.165) is 0 Å². The Kier molecular flexibility index (Phi) is 6.89. The number of rotatable bonds is 7. The fraction of sp³-hybridized carbons (Fsp3) is 0.273. The summed E-state index contributed by atoms with van der Waals surface area (Å²) < 4.78 is 6.37. The smallest absolute Gasteiger partial charge is 0.339 e. The van der Waals surface area contributed by atoms with Crippen LogP contribution in [0.3, 0.4) is 0 Å². The molecule has 0 aliphatic heterocycles. The second-order valence-electron chi connectivity index (χ2n) is 7.10. The van der Waals surface area contributed by atoms with Crippen LogP contribution < -0.4 is 10.9 Å². The number of amides is 1. The molecular weight excluding hydrogens is 402 g/mol. The molecule has 1 amide bonds. The van der Waals surface area contributed by atoms with E-state index in [1.54, 1.807) is 41.0 Å². The van der Waals surface area contributed by atoms with E-state index < -0.39 is 5.97 Å². The number of ether oxygens (including phenoxy) is 1. The zero-order valence-corrected chi connectivity index (χ0v) is 17.9. The topological polar surface area (TPSA) is 90.3 Å². The van der Waals surface area contributed by atoms with Gasteiger partial charge in [-0.2, -0.15) is 0 Å². The molecule has 7 nitrogen and oxygen atoms in total. The van der Waals surface area contributed by atoms with Gasteiger partial charge in [-0.1, -0.05) is 49.9 Å². The molecule has 1 heterocycles. The average Bonchev–Trinajstić information content (AvgIpc) is 2.74. The van der Waals surface area contributed by atoms with Gasteiger partial charge < -0.3 is 10.1 Å². The van der Waals surface area contributed by atoms with Crippen molar-refractivity contribution in [3.63, 3.8) is 0 Å². The molecule has 30 heavy (non-hydrogen) atoms. The molecule has 8 heteroatoms. The number of hydrogen-bond acceptors (Lipinski definition) is 6. The van der Waals surface area contributed by atoms with E-state index in [4.69, 9.17) is 4.74 Å². The van der Waals surface area contributed by atoms with Crippen LogP contribution in [0, 0.1) is 5.92 Å². The van der Waals surface area contributed by atoms with Crippen LogP contribution in [0.1, 0.15) is 24.2 Å². The number of benzene rings is 2. The van der Waals surface area contributed by atoms with Crippen molar-refractivity contribution in [2.75, 3.05) is 18.2 Å². The molecule has 3 rings (SSSR count). The summed E-state index contributed by atoms with van der Waals surface area (Å²) in [6.07, 6.45) is 0. The Labute approximate surface area is 178 Å². The van der Waals surface area contributed by atoms with E-state index in [9.17, 15) is 14.4 Å². The second-order valence-corrected chi connectivity index (χ2v) is 8.04. The van der Waals surface area contributed by atoms with Crippen LogP contribution in [-0.4, -0.2) is 34.3 Å². The molecule has 2 aromatic carbocycles. The van der Waals surface area contributed by atoms with E-state index in [2.05, 4.69) is 10.3 Å². The molecule has 0 fully saturated rings. The lowest BCUT2D eigenvalue weighted by Crippen LogP contribution is -2.26. The molecule has 3 aromatic rings. The van der Waals surface area contributed by atoms with Gasteiger partial charge in [-0.3, -0.25) is 14.2 Å². The fourth-order valence-corrected chi connectivity index (χ4v) is 3.79. The molecule has 0 saturated heterocycles. The highest BCUT2D eigenvalue weighted by molar-refractivity contribution is 7.99. The van der Waals surface area contributed by atoms with Crippen molar-refractivity contribution in [3.05, 3.63) is 64.4 Å². The van der Waals surface area contributed by atoms with Crippen molar-refractivity contribution in [1.82, 2.24) is 9.55 Å². The van der Waals surface area contributed by atoms with Gasteiger partial charge in [0, 0.05) is 6.54 Å². The third kappa shape index (κ3) is 4.88. The molecule has 0 aliphatic carbocycles. The third-order valence-electron chi connectivity index (χ3n) is 4.31. The van der Waals surface area contributed by atoms with Crippen LogP contribution in [0.4, 0.5) is 5.69 Å². The quantitative estimate of drug-likeness (QED) is 0.354. The lowest BCUT2D eigenvalue weighted by atomic mass is 10.2. The van der Waals surface area contributed by atoms with E-state index >= 15 is 0 Å². The van der Waals surface area contributed by atoms with E-state index in [1.807, 2.05) is 26.0 Å². The number of methoxy groups -OCH3 is 1. The molecule has 0 unspecified atom stereocenters. The molecule has 1 N–H and O–H groups in total. The van der Waals surface area contributed by atoms with Gasteiger partial charge in [0.05, 0.1) is 35.0 Å². The van der Waals surface area contributed by atoms with Crippen molar-refractivity contribution in [2.45, 2.75) is 25.5 Å². The predicted octanol–water partition coefficient (Wildman–Crippen LogP) is 3.57. The summed E-state index contributed by atoms with van der Waals surface area (Å²) in [4.78, 5) is 41.9. The van der Waals surface area contributed by atoms with Gasteiger partial charge in [0.2, 0.25) is 5.91 Å². The van der Waals surface area contributed by atoms with Gasteiger partial charge in [-0.25, -0.2) is 9.78 Å². The first-order valence-electron chi connectivity index (χ1n) is 9.50. The van der Waals surface area contributed by atoms with Crippen LogP contribution in [0.25, 0.3) is 10.9 Å². The molecule has 0 atom stereocenters. The zero-order valence-electron chi connectivity index (χ0n) is 17.0. The molecule has 0 saturated carbocycles. The van der Waals surface area contributed by atoms with Crippen LogP contribution in [0.5, 0.6) is 0 Å². The average molecular weight is 426 g/mol. The number of para-hydroxylation sites is 2. The molecule has 0 spiro atoms. The highest BCUT2D eigenvalue weighted by atomic mass is 32.2. The number of esters is 1. The maximum atomic E-state index is 12.9. The Morgan fingerprint density at radius 1 is 1.13 bits per heavy atom. The van der Waals surface area contributed by atoms with Crippen molar-refractivity contribution >= 4 is 40.2 Å². The van der Waals surface area contributed by atoms with Crippen LogP contribution in [0.2, 0.25) is 0 Å². The molecule has 0 aliphatic rings. The second kappa shape index (κ2) is 9.58. The zero-order chi connectivity index (χ0) is 21.7. The fourth-order valence-electron chi connectivity index (χ4n) is 2.98. The molecular formula is C22H23N3O4S. The number of fused-ring (bicyclic) bond motifs is 1. The number of hydrogen-bond donors (Lipinski definition) is 1. The maximum Gasteiger partial charge on any atom is 0.339 e. The summed E-state index contributed by atoms with van der Waals surface area (Å²) >= 11 is 1.19. The highest BCUT2D eigenvalue weighted by Crippen LogP contribution is 2.21. The monoisotopic (exact) mass is 425 g/mol. The number of nitrogens with zero attached hydrogens (tertiary/aromatic N) is 2. The highest BCUT2D eigenvalue weighted by Gasteiger charge is 2.16.